The van der Waals surface area contributed by atoms with Crippen LogP contribution in [0.2, 0.25) is 0 Å². The van der Waals surface area contributed by atoms with E-state index in [-0.39, 0.29) is 12.5 Å². The van der Waals surface area contributed by atoms with Crippen molar-refractivity contribution in [2.24, 2.45) is 5.92 Å². The van der Waals surface area contributed by atoms with E-state index in [4.69, 9.17) is 0 Å². The Hall–Kier alpha value is -2.21. The van der Waals surface area contributed by atoms with Gasteiger partial charge in [-0.25, -0.2) is 0 Å². The largest absolute Gasteiger partial charge is 0.390 e. The van der Waals surface area contributed by atoms with Gasteiger partial charge in [-0.05, 0) is 80.6 Å². The number of amides is 1. The van der Waals surface area contributed by atoms with Gasteiger partial charge >= 0.3 is 0 Å². The summed E-state index contributed by atoms with van der Waals surface area (Å²) in [7, 11) is 2.18. The highest BCUT2D eigenvalue weighted by atomic mass is 16.3. The predicted octanol–water partition coefficient (Wildman–Crippen LogP) is 2.72. The Morgan fingerprint density at radius 3 is 2.68 bits per heavy atom. The number of β-amino-alcohol motifs (C(OH)–C–C–N with tert-alkyl or cyclic N) is 1. The zero-order valence-electron chi connectivity index (χ0n) is 18.6. The lowest BCUT2D eigenvalue weighted by Gasteiger charge is -2.30. The molecule has 2 aromatic carbocycles. The van der Waals surface area contributed by atoms with E-state index in [9.17, 15) is 9.90 Å². The summed E-state index contributed by atoms with van der Waals surface area (Å²) < 4.78 is 0. The van der Waals surface area contributed by atoms with Crippen LogP contribution in [-0.4, -0.2) is 66.7 Å². The summed E-state index contributed by atoms with van der Waals surface area (Å²) in [6, 6.07) is 16.5. The number of carbonyl (C=O) groups is 1. The number of benzene rings is 2. The van der Waals surface area contributed by atoms with Gasteiger partial charge in [-0.2, -0.15) is 0 Å². The van der Waals surface area contributed by atoms with Crippen molar-refractivity contribution in [3.8, 4) is 0 Å². The Labute approximate surface area is 186 Å². The molecule has 0 bridgehead atoms. The quantitative estimate of drug-likeness (QED) is 0.722. The van der Waals surface area contributed by atoms with Gasteiger partial charge in [0.2, 0.25) is 0 Å². The van der Waals surface area contributed by atoms with Crippen molar-refractivity contribution in [1.29, 1.82) is 0 Å². The molecule has 0 aromatic heterocycles. The van der Waals surface area contributed by atoms with E-state index in [1.54, 1.807) is 0 Å². The topological polar surface area (TPSA) is 55.8 Å². The molecule has 1 saturated heterocycles. The fraction of sp³-hybridized carbons (Fsp3) is 0.500. The Morgan fingerprint density at radius 2 is 1.87 bits per heavy atom. The molecular weight excluding hydrogens is 386 g/mol. The molecule has 2 heterocycles. The maximum Gasteiger partial charge on any atom is 0.251 e. The molecule has 1 unspecified atom stereocenters. The molecule has 1 fully saturated rings. The van der Waals surface area contributed by atoms with Gasteiger partial charge in [0.15, 0.2) is 0 Å². The average Bonchev–Trinajstić information content (AvgIpc) is 2.79. The molecule has 31 heavy (non-hydrogen) atoms. The molecule has 0 radical (unpaired) electrons. The second kappa shape index (κ2) is 10.4. The van der Waals surface area contributed by atoms with E-state index in [2.05, 4.69) is 52.5 Å². The van der Waals surface area contributed by atoms with Gasteiger partial charge in [0, 0.05) is 31.7 Å². The fourth-order valence-corrected chi connectivity index (χ4v) is 4.82. The van der Waals surface area contributed by atoms with Gasteiger partial charge in [-0.15, -0.1) is 0 Å². The highest BCUT2D eigenvalue weighted by Crippen LogP contribution is 2.21. The van der Waals surface area contributed by atoms with Crippen LogP contribution in [-0.2, 0) is 19.4 Å². The van der Waals surface area contributed by atoms with Crippen LogP contribution in [0.4, 0.5) is 0 Å². The zero-order valence-corrected chi connectivity index (χ0v) is 18.6. The molecule has 2 N–H and O–H groups in total. The van der Waals surface area contributed by atoms with E-state index < -0.39 is 6.10 Å². The van der Waals surface area contributed by atoms with Crippen molar-refractivity contribution in [2.45, 2.75) is 38.3 Å². The first kappa shape index (κ1) is 22.0. The Bertz CT molecular complexity index is 876. The molecule has 1 amide bonds. The lowest BCUT2D eigenvalue weighted by atomic mass is 9.90. The molecular formula is C26H35N3O2. The average molecular weight is 422 g/mol. The van der Waals surface area contributed by atoms with E-state index in [0.717, 1.165) is 39.0 Å². The van der Waals surface area contributed by atoms with E-state index in [1.807, 2.05) is 18.2 Å². The van der Waals surface area contributed by atoms with E-state index in [1.165, 1.54) is 29.5 Å². The number of hydrogen-bond donors (Lipinski definition) is 2. The number of aliphatic hydroxyl groups excluding tert-OH is 1. The monoisotopic (exact) mass is 421 g/mol. The molecule has 5 heteroatoms. The van der Waals surface area contributed by atoms with Crippen LogP contribution in [0.25, 0.3) is 0 Å². The zero-order chi connectivity index (χ0) is 21.6. The molecule has 166 valence electrons. The van der Waals surface area contributed by atoms with Crippen molar-refractivity contribution >= 4 is 5.91 Å². The van der Waals surface area contributed by atoms with Gasteiger partial charge in [-0.3, -0.25) is 9.69 Å². The number of rotatable bonds is 7. The standard InChI is InChI=1S/C26H35N3O2/c1-28-12-9-20(10-13-28)15-21-5-4-8-23(16-21)26(31)27-17-25(30)19-29-14-11-22-6-2-3-7-24(22)18-29/h2-8,16,20,25,30H,9-15,17-19H2,1H3,(H,27,31). The van der Waals surface area contributed by atoms with Crippen LogP contribution in [0.3, 0.4) is 0 Å². The summed E-state index contributed by atoms with van der Waals surface area (Å²) in [5.41, 5.74) is 4.66. The normalized spacial score (nSPS) is 19.0. The third kappa shape index (κ3) is 6.16. The lowest BCUT2D eigenvalue weighted by molar-refractivity contribution is 0.0841. The predicted molar refractivity (Wildman–Crippen MR) is 124 cm³/mol. The number of nitrogens with zero attached hydrogens (tertiary/aromatic N) is 2. The first-order valence-corrected chi connectivity index (χ1v) is 11.6. The van der Waals surface area contributed by atoms with E-state index >= 15 is 0 Å². The Kier molecular flexibility index (Phi) is 7.38. The molecule has 5 nitrogen and oxygen atoms in total. The van der Waals surface area contributed by atoms with Crippen molar-refractivity contribution in [3.05, 3.63) is 70.8 Å². The van der Waals surface area contributed by atoms with Crippen LogP contribution in [0.1, 0.15) is 39.9 Å². The van der Waals surface area contributed by atoms with Gasteiger partial charge in [0.05, 0.1) is 6.10 Å². The lowest BCUT2D eigenvalue weighted by Crippen LogP contribution is -2.42. The van der Waals surface area contributed by atoms with Crippen LogP contribution >= 0.6 is 0 Å². The molecule has 2 aromatic rings. The maximum absolute atomic E-state index is 12.6. The SMILES string of the molecule is CN1CCC(Cc2cccc(C(=O)NCC(O)CN3CCc4ccccc4C3)c2)CC1. The first-order chi connectivity index (χ1) is 15.1. The van der Waals surface area contributed by atoms with Crippen LogP contribution in [0.5, 0.6) is 0 Å². The van der Waals surface area contributed by atoms with Crippen LogP contribution in [0.15, 0.2) is 48.5 Å². The van der Waals surface area contributed by atoms with Gasteiger partial charge < -0.3 is 15.3 Å². The van der Waals surface area contributed by atoms with Crippen molar-refractivity contribution in [3.63, 3.8) is 0 Å². The highest BCUT2D eigenvalue weighted by Gasteiger charge is 2.20. The van der Waals surface area contributed by atoms with Crippen LogP contribution in [0, 0.1) is 5.92 Å². The fourth-order valence-electron chi connectivity index (χ4n) is 4.82. The number of carbonyl (C=O) groups excluding carboxylic acids is 1. The number of hydrogen-bond acceptors (Lipinski definition) is 4. The number of likely N-dealkylation sites (tertiary alicyclic amines) is 1. The summed E-state index contributed by atoms with van der Waals surface area (Å²) >= 11 is 0. The summed E-state index contributed by atoms with van der Waals surface area (Å²) in [4.78, 5) is 17.3. The molecule has 0 saturated carbocycles. The molecule has 1 atom stereocenters. The third-order valence-corrected chi connectivity index (χ3v) is 6.73. The molecule has 0 aliphatic carbocycles. The first-order valence-electron chi connectivity index (χ1n) is 11.6. The summed E-state index contributed by atoms with van der Waals surface area (Å²) in [5, 5.41) is 13.4. The van der Waals surface area contributed by atoms with Gasteiger partial charge in [0.1, 0.15) is 0 Å². The number of nitrogens with one attached hydrogen (secondary N) is 1. The maximum atomic E-state index is 12.6. The number of aliphatic hydroxyl groups is 1. The molecule has 2 aliphatic rings. The Balaban J connectivity index is 1.24. The minimum Gasteiger partial charge on any atom is -0.390 e. The minimum atomic E-state index is -0.573. The van der Waals surface area contributed by atoms with Crippen molar-refractivity contribution < 1.29 is 9.90 Å². The smallest absolute Gasteiger partial charge is 0.251 e. The Morgan fingerprint density at radius 1 is 1.10 bits per heavy atom. The highest BCUT2D eigenvalue weighted by molar-refractivity contribution is 5.94. The third-order valence-electron chi connectivity index (χ3n) is 6.73. The van der Waals surface area contributed by atoms with Crippen molar-refractivity contribution in [2.75, 3.05) is 39.8 Å². The molecule has 0 spiro atoms. The minimum absolute atomic E-state index is 0.103. The molecule has 4 rings (SSSR count). The van der Waals surface area contributed by atoms with Gasteiger partial charge in [-0.1, -0.05) is 36.4 Å². The second-order valence-electron chi connectivity index (χ2n) is 9.27. The second-order valence-corrected chi connectivity index (χ2v) is 9.27. The molecule has 2 aliphatic heterocycles. The number of piperidine rings is 1. The van der Waals surface area contributed by atoms with E-state index in [0.29, 0.717) is 18.0 Å². The summed E-state index contributed by atoms with van der Waals surface area (Å²) in [5.74, 6) is 0.597. The van der Waals surface area contributed by atoms with Crippen LogP contribution < -0.4 is 5.32 Å². The number of fused-ring (bicyclic) bond motifs is 1. The van der Waals surface area contributed by atoms with Crippen molar-refractivity contribution in [1.82, 2.24) is 15.1 Å². The summed E-state index contributed by atoms with van der Waals surface area (Å²) in [6.07, 6.45) is 3.92. The van der Waals surface area contributed by atoms with Gasteiger partial charge in [0.25, 0.3) is 5.91 Å². The summed E-state index contributed by atoms with van der Waals surface area (Å²) in [6.45, 7) is 4.97.